The van der Waals surface area contributed by atoms with E-state index in [9.17, 15) is 4.79 Å². The number of amides is 1. The number of aryl methyl sites for hydroxylation is 1. The first-order valence-corrected chi connectivity index (χ1v) is 7.25. The molecule has 0 radical (unpaired) electrons. The van der Waals surface area contributed by atoms with Crippen LogP contribution in [0.4, 0.5) is 5.69 Å². The van der Waals surface area contributed by atoms with E-state index in [0.29, 0.717) is 13.0 Å². The Labute approximate surface area is 117 Å². The molecule has 0 saturated heterocycles. The van der Waals surface area contributed by atoms with Crippen molar-refractivity contribution in [2.24, 2.45) is 0 Å². The first-order valence-electron chi connectivity index (χ1n) is 6.37. The zero-order valence-corrected chi connectivity index (χ0v) is 11.6. The predicted octanol–water partition coefficient (Wildman–Crippen LogP) is 2.62. The van der Waals surface area contributed by atoms with Crippen molar-refractivity contribution in [2.75, 3.05) is 12.3 Å². The zero-order chi connectivity index (χ0) is 13.5. The van der Waals surface area contributed by atoms with E-state index in [0.717, 1.165) is 23.4 Å². The maximum Gasteiger partial charge on any atom is 0.225 e. The van der Waals surface area contributed by atoms with Crippen LogP contribution in [0.2, 0.25) is 0 Å². The van der Waals surface area contributed by atoms with Crippen LogP contribution in [0.5, 0.6) is 0 Å². The maximum absolute atomic E-state index is 11.6. The topological polar surface area (TPSA) is 55.1 Å². The van der Waals surface area contributed by atoms with Crippen molar-refractivity contribution in [3.63, 3.8) is 0 Å². The van der Waals surface area contributed by atoms with Crippen molar-refractivity contribution in [3.05, 3.63) is 52.2 Å². The molecule has 1 aromatic heterocycles. The number of hydrogen-bond donors (Lipinski definition) is 2. The highest BCUT2D eigenvalue weighted by molar-refractivity contribution is 7.10. The predicted molar refractivity (Wildman–Crippen MR) is 80.2 cm³/mol. The molecular weight excluding hydrogens is 256 g/mol. The molecule has 0 spiro atoms. The summed E-state index contributed by atoms with van der Waals surface area (Å²) in [5, 5.41) is 4.94. The van der Waals surface area contributed by atoms with E-state index in [2.05, 4.69) is 5.32 Å². The molecule has 0 fully saturated rings. The Morgan fingerprint density at radius 2 is 2.00 bits per heavy atom. The number of anilines is 1. The number of benzene rings is 1. The third-order valence-corrected chi connectivity index (χ3v) is 3.74. The van der Waals surface area contributed by atoms with E-state index in [4.69, 9.17) is 5.73 Å². The first-order chi connectivity index (χ1) is 9.24. The van der Waals surface area contributed by atoms with Gasteiger partial charge in [-0.15, -0.1) is 11.3 Å². The molecule has 2 aromatic rings. The molecular formula is C15H18N2OS. The van der Waals surface area contributed by atoms with Crippen LogP contribution in [-0.2, 0) is 17.6 Å². The molecule has 0 bridgehead atoms. The van der Waals surface area contributed by atoms with E-state index in [1.165, 1.54) is 5.56 Å². The van der Waals surface area contributed by atoms with Gasteiger partial charge in [-0.3, -0.25) is 4.79 Å². The molecule has 0 aliphatic carbocycles. The number of rotatable bonds is 6. The average Bonchev–Trinajstić information content (AvgIpc) is 2.89. The van der Waals surface area contributed by atoms with Crippen LogP contribution < -0.4 is 11.1 Å². The van der Waals surface area contributed by atoms with Gasteiger partial charge in [0, 0.05) is 17.1 Å². The molecule has 100 valence electrons. The normalized spacial score (nSPS) is 10.3. The summed E-state index contributed by atoms with van der Waals surface area (Å²) >= 11 is 1.62. The van der Waals surface area contributed by atoms with Gasteiger partial charge in [0.15, 0.2) is 0 Å². The molecule has 3 nitrogen and oxygen atoms in total. The molecule has 0 aliphatic rings. The molecule has 0 saturated carbocycles. The van der Waals surface area contributed by atoms with Crippen molar-refractivity contribution in [1.82, 2.24) is 5.32 Å². The smallest absolute Gasteiger partial charge is 0.225 e. The van der Waals surface area contributed by atoms with Gasteiger partial charge >= 0.3 is 0 Å². The minimum absolute atomic E-state index is 0.0970. The number of nitrogen functional groups attached to an aromatic ring is 1. The number of thiophene rings is 1. The van der Waals surface area contributed by atoms with E-state index in [1.807, 2.05) is 41.8 Å². The second kappa shape index (κ2) is 6.95. The van der Waals surface area contributed by atoms with E-state index in [-0.39, 0.29) is 5.91 Å². The third kappa shape index (κ3) is 4.75. The Kier molecular flexibility index (Phi) is 4.98. The van der Waals surface area contributed by atoms with Crippen molar-refractivity contribution in [2.45, 2.75) is 19.3 Å². The van der Waals surface area contributed by atoms with Gasteiger partial charge in [0.1, 0.15) is 0 Å². The second-order valence-corrected chi connectivity index (χ2v) is 5.48. The summed E-state index contributed by atoms with van der Waals surface area (Å²) in [6.45, 7) is 0.717. The Balaban J connectivity index is 1.64. The lowest BCUT2D eigenvalue weighted by Gasteiger charge is -2.05. The highest BCUT2D eigenvalue weighted by Crippen LogP contribution is 2.09. The lowest BCUT2D eigenvalue weighted by Crippen LogP contribution is -2.26. The lowest BCUT2D eigenvalue weighted by molar-refractivity contribution is -0.120. The highest BCUT2D eigenvalue weighted by Gasteiger charge is 2.03. The van der Waals surface area contributed by atoms with Crippen molar-refractivity contribution >= 4 is 22.9 Å². The maximum atomic E-state index is 11.6. The molecule has 0 unspecified atom stereocenters. The van der Waals surface area contributed by atoms with Gasteiger partial charge in [-0.05, 0) is 42.0 Å². The van der Waals surface area contributed by atoms with E-state index >= 15 is 0 Å². The lowest BCUT2D eigenvalue weighted by atomic mass is 10.1. The van der Waals surface area contributed by atoms with Crippen LogP contribution in [0.15, 0.2) is 41.8 Å². The molecule has 0 atom stereocenters. The van der Waals surface area contributed by atoms with E-state index in [1.54, 1.807) is 11.3 Å². The van der Waals surface area contributed by atoms with Crippen molar-refractivity contribution < 1.29 is 4.79 Å². The van der Waals surface area contributed by atoms with Gasteiger partial charge in [0.25, 0.3) is 0 Å². The fourth-order valence-corrected chi connectivity index (χ4v) is 2.54. The molecule has 1 heterocycles. The average molecular weight is 274 g/mol. The van der Waals surface area contributed by atoms with Gasteiger partial charge in [-0.25, -0.2) is 0 Å². The quantitative estimate of drug-likeness (QED) is 0.628. The molecule has 0 aliphatic heterocycles. The van der Waals surface area contributed by atoms with E-state index < -0.39 is 0 Å². The zero-order valence-electron chi connectivity index (χ0n) is 10.8. The third-order valence-electron chi connectivity index (χ3n) is 2.86. The standard InChI is InChI=1S/C15H18N2OS/c16-13-7-5-12(6-8-13)3-1-9-17-15(18)11-14-4-2-10-19-14/h2,4-8,10H,1,3,9,11,16H2,(H,17,18). The number of carbonyl (C=O) groups excluding carboxylic acids is 1. The van der Waals surface area contributed by atoms with Crippen molar-refractivity contribution in [3.8, 4) is 0 Å². The summed E-state index contributed by atoms with van der Waals surface area (Å²) < 4.78 is 0. The number of nitrogens with one attached hydrogen (secondary N) is 1. The highest BCUT2D eigenvalue weighted by atomic mass is 32.1. The molecule has 2 rings (SSSR count). The van der Waals surface area contributed by atoms with Crippen LogP contribution in [-0.4, -0.2) is 12.5 Å². The summed E-state index contributed by atoms with van der Waals surface area (Å²) in [7, 11) is 0. The van der Waals surface area contributed by atoms with Crippen LogP contribution >= 0.6 is 11.3 Å². The van der Waals surface area contributed by atoms with Gasteiger partial charge in [-0.2, -0.15) is 0 Å². The second-order valence-electron chi connectivity index (χ2n) is 4.45. The molecule has 1 amide bonds. The monoisotopic (exact) mass is 274 g/mol. The largest absolute Gasteiger partial charge is 0.399 e. The summed E-state index contributed by atoms with van der Waals surface area (Å²) in [5.74, 6) is 0.0970. The summed E-state index contributed by atoms with van der Waals surface area (Å²) in [6, 6.07) is 11.8. The molecule has 4 heteroatoms. The van der Waals surface area contributed by atoms with Gasteiger partial charge in [0.2, 0.25) is 5.91 Å². The summed E-state index contributed by atoms with van der Waals surface area (Å²) in [4.78, 5) is 12.8. The molecule has 1 aromatic carbocycles. The Hall–Kier alpha value is -1.81. The van der Waals surface area contributed by atoms with Crippen LogP contribution in [0.3, 0.4) is 0 Å². The van der Waals surface area contributed by atoms with Gasteiger partial charge < -0.3 is 11.1 Å². The van der Waals surface area contributed by atoms with Crippen molar-refractivity contribution in [1.29, 1.82) is 0 Å². The van der Waals surface area contributed by atoms with Crippen LogP contribution in [0.1, 0.15) is 16.9 Å². The SMILES string of the molecule is Nc1ccc(CCCNC(=O)Cc2cccs2)cc1. The fraction of sp³-hybridized carbons (Fsp3) is 0.267. The Bertz CT molecular complexity index is 505. The first kappa shape index (κ1) is 13.6. The summed E-state index contributed by atoms with van der Waals surface area (Å²) in [6.07, 6.45) is 2.39. The minimum atomic E-state index is 0.0970. The minimum Gasteiger partial charge on any atom is -0.399 e. The Morgan fingerprint density at radius 3 is 2.68 bits per heavy atom. The summed E-state index contributed by atoms with van der Waals surface area (Å²) in [5.41, 5.74) is 7.67. The number of hydrogen-bond acceptors (Lipinski definition) is 3. The fourth-order valence-electron chi connectivity index (χ4n) is 1.84. The van der Waals surface area contributed by atoms with Crippen LogP contribution in [0.25, 0.3) is 0 Å². The molecule has 3 N–H and O–H groups in total. The number of nitrogens with two attached hydrogens (primary N) is 1. The van der Waals surface area contributed by atoms with Gasteiger partial charge in [-0.1, -0.05) is 18.2 Å². The van der Waals surface area contributed by atoms with Crippen LogP contribution in [0, 0.1) is 0 Å². The molecule has 19 heavy (non-hydrogen) atoms. The number of carbonyl (C=O) groups is 1. The Morgan fingerprint density at radius 1 is 1.21 bits per heavy atom. The van der Waals surface area contributed by atoms with Gasteiger partial charge in [0.05, 0.1) is 6.42 Å².